The largest absolute Gasteiger partial charge is 0.393 e. The average molecular weight is 171 g/mol. The lowest BCUT2D eigenvalue weighted by Crippen LogP contribution is -2.57. The van der Waals surface area contributed by atoms with Crippen LogP contribution in [0.2, 0.25) is 0 Å². The second kappa shape index (κ2) is 2.98. The van der Waals surface area contributed by atoms with Gasteiger partial charge in [0.15, 0.2) is 0 Å². The molecule has 1 N–H and O–H groups in total. The van der Waals surface area contributed by atoms with Crippen LogP contribution in [0.5, 0.6) is 0 Å². The maximum Gasteiger partial charge on any atom is 0.107 e. The molecule has 1 aliphatic heterocycles. The Morgan fingerprint density at radius 3 is 3.17 bits per heavy atom. The van der Waals surface area contributed by atoms with Gasteiger partial charge in [0.2, 0.25) is 0 Å². The molecule has 0 bridgehead atoms. The van der Waals surface area contributed by atoms with E-state index in [-0.39, 0.29) is 12.2 Å². The maximum absolute atomic E-state index is 9.32. The number of aliphatic hydroxyl groups is 1. The smallest absolute Gasteiger partial charge is 0.107 e. The number of hydrogen-bond acceptors (Lipinski definition) is 3. The first kappa shape index (κ1) is 8.48. The molecule has 2 rings (SSSR count). The minimum absolute atomic E-state index is 0.183. The second-order valence-electron chi connectivity index (χ2n) is 3.96. The van der Waals surface area contributed by atoms with Gasteiger partial charge in [0, 0.05) is 12.6 Å². The van der Waals surface area contributed by atoms with Crippen molar-refractivity contribution in [3.8, 4) is 0 Å². The van der Waals surface area contributed by atoms with Crippen molar-refractivity contribution in [3.05, 3.63) is 0 Å². The van der Waals surface area contributed by atoms with E-state index in [1.165, 1.54) is 12.8 Å². The molecule has 12 heavy (non-hydrogen) atoms. The summed E-state index contributed by atoms with van der Waals surface area (Å²) in [6.07, 6.45) is 3.39. The van der Waals surface area contributed by atoms with Crippen molar-refractivity contribution in [2.45, 2.75) is 30.9 Å². The van der Waals surface area contributed by atoms with Gasteiger partial charge in [-0.2, -0.15) is 0 Å². The van der Waals surface area contributed by atoms with Gasteiger partial charge in [-0.05, 0) is 26.3 Å². The van der Waals surface area contributed by atoms with Gasteiger partial charge < -0.3 is 9.84 Å². The summed E-state index contributed by atoms with van der Waals surface area (Å²) in [4.78, 5) is 2.33. The highest BCUT2D eigenvalue weighted by Gasteiger charge is 2.47. The molecule has 0 aromatic carbocycles. The second-order valence-corrected chi connectivity index (χ2v) is 3.96. The van der Waals surface area contributed by atoms with Gasteiger partial charge in [-0.25, -0.2) is 0 Å². The first-order valence-electron chi connectivity index (χ1n) is 4.73. The SMILES string of the molecule is CN1CCO[C@@]2(CO)CCC[C@@H]12. The van der Waals surface area contributed by atoms with E-state index in [1.54, 1.807) is 0 Å². The van der Waals surface area contributed by atoms with Crippen molar-refractivity contribution in [2.24, 2.45) is 0 Å². The number of likely N-dealkylation sites (N-methyl/N-ethyl adjacent to an activating group) is 1. The standard InChI is InChI=1S/C9H17NO2/c1-10-5-6-12-9(7-11)4-2-3-8(9)10/h8,11H,2-7H2,1H3/t8-,9-/m1/s1. The van der Waals surface area contributed by atoms with Crippen LogP contribution in [0.25, 0.3) is 0 Å². The third kappa shape index (κ3) is 1.08. The topological polar surface area (TPSA) is 32.7 Å². The summed E-state index contributed by atoms with van der Waals surface area (Å²) in [7, 11) is 2.13. The molecule has 1 aliphatic carbocycles. The summed E-state index contributed by atoms with van der Waals surface area (Å²) >= 11 is 0. The van der Waals surface area contributed by atoms with Gasteiger partial charge in [0.05, 0.1) is 13.2 Å². The third-order valence-electron chi connectivity index (χ3n) is 3.32. The molecule has 0 aromatic rings. The minimum Gasteiger partial charge on any atom is -0.393 e. The Morgan fingerprint density at radius 1 is 1.67 bits per heavy atom. The van der Waals surface area contributed by atoms with Crippen molar-refractivity contribution in [3.63, 3.8) is 0 Å². The van der Waals surface area contributed by atoms with Gasteiger partial charge in [0.25, 0.3) is 0 Å². The molecule has 1 heterocycles. The zero-order valence-corrected chi connectivity index (χ0v) is 7.62. The molecule has 1 saturated carbocycles. The summed E-state index contributed by atoms with van der Waals surface area (Å²) in [5.41, 5.74) is -0.215. The van der Waals surface area contributed by atoms with Crippen LogP contribution < -0.4 is 0 Å². The number of nitrogens with zero attached hydrogens (tertiary/aromatic N) is 1. The number of ether oxygens (including phenoxy) is 1. The van der Waals surface area contributed by atoms with E-state index in [0.29, 0.717) is 6.04 Å². The van der Waals surface area contributed by atoms with Gasteiger partial charge in [-0.3, -0.25) is 4.90 Å². The predicted molar refractivity (Wildman–Crippen MR) is 46.0 cm³/mol. The third-order valence-corrected chi connectivity index (χ3v) is 3.32. The van der Waals surface area contributed by atoms with E-state index >= 15 is 0 Å². The van der Waals surface area contributed by atoms with Gasteiger partial charge in [-0.1, -0.05) is 0 Å². The molecule has 0 radical (unpaired) electrons. The summed E-state index contributed by atoms with van der Waals surface area (Å²) in [6, 6.07) is 0.455. The molecule has 2 fully saturated rings. The highest BCUT2D eigenvalue weighted by atomic mass is 16.5. The van der Waals surface area contributed by atoms with Gasteiger partial charge in [-0.15, -0.1) is 0 Å². The molecule has 2 aliphatic rings. The summed E-state index contributed by atoms with van der Waals surface area (Å²) in [5, 5.41) is 9.32. The van der Waals surface area contributed by atoms with Gasteiger partial charge >= 0.3 is 0 Å². The fraction of sp³-hybridized carbons (Fsp3) is 1.00. The molecule has 2 atom stereocenters. The van der Waals surface area contributed by atoms with Crippen molar-refractivity contribution in [1.82, 2.24) is 4.90 Å². The number of fused-ring (bicyclic) bond motifs is 1. The van der Waals surface area contributed by atoms with Gasteiger partial charge in [0.1, 0.15) is 5.60 Å². The molecule has 0 unspecified atom stereocenters. The molecule has 3 heteroatoms. The highest BCUT2D eigenvalue weighted by Crippen LogP contribution is 2.38. The lowest BCUT2D eigenvalue weighted by Gasteiger charge is -2.43. The monoisotopic (exact) mass is 171 g/mol. The molecule has 70 valence electrons. The Morgan fingerprint density at radius 2 is 2.50 bits per heavy atom. The molecule has 1 saturated heterocycles. The maximum atomic E-state index is 9.32. The molecule has 0 aromatic heterocycles. The Kier molecular flexibility index (Phi) is 2.10. The van der Waals surface area contributed by atoms with E-state index in [4.69, 9.17) is 4.74 Å². The van der Waals surface area contributed by atoms with Crippen LogP contribution in [0.1, 0.15) is 19.3 Å². The summed E-state index contributed by atoms with van der Waals surface area (Å²) in [6.45, 7) is 1.96. The van der Waals surface area contributed by atoms with E-state index in [0.717, 1.165) is 19.6 Å². The summed E-state index contributed by atoms with van der Waals surface area (Å²) < 4.78 is 5.72. The first-order valence-corrected chi connectivity index (χ1v) is 4.73. The van der Waals surface area contributed by atoms with Crippen LogP contribution in [0.15, 0.2) is 0 Å². The Labute approximate surface area is 73.3 Å². The quantitative estimate of drug-likeness (QED) is 0.613. The van der Waals surface area contributed by atoms with Crippen molar-refractivity contribution in [2.75, 3.05) is 26.8 Å². The fourth-order valence-electron chi connectivity index (χ4n) is 2.59. The number of hydrogen-bond donors (Lipinski definition) is 1. The molecular formula is C9H17NO2. The lowest BCUT2D eigenvalue weighted by atomic mass is 9.96. The van der Waals surface area contributed by atoms with E-state index in [9.17, 15) is 5.11 Å². The Balaban J connectivity index is 2.17. The minimum atomic E-state index is -0.215. The highest BCUT2D eigenvalue weighted by molar-refractivity contribution is 5.01. The Bertz CT molecular complexity index is 174. The van der Waals surface area contributed by atoms with E-state index in [1.807, 2.05) is 0 Å². The van der Waals surface area contributed by atoms with Crippen LogP contribution >= 0.6 is 0 Å². The van der Waals surface area contributed by atoms with Crippen LogP contribution in [-0.4, -0.2) is 48.5 Å². The van der Waals surface area contributed by atoms with E-state index < -0.39 is 0 Å². The number of rotatable bonds is 1. The first-order chi connectivity index (χ1) is 5.78. The lowest BCUT2D eigenvalue weighted by molar-refractivity contribution is -0.148. The van der Waals surface area contributed by atoms with Crippen molar-refractivity contribution in [1.29, 1.82) is 0 Å². The van der Waals surface area contributed by atoms with Crippen LogP contribution in [0.3, 0.4) is 0 Å². The predicted octanol–water partition coefficient (Wildman–Crippen LogP) is 0.232. The molecular weight excluding hydrogens is 154 g/mol. The van der Waals surface area contributed by atoms with E-state index in [2.05, 4.69) is 11.9 Å². The molecule has 0 amide bonds. The molecule has 0 spiro atoms. The number of aliphatic hydroxyl groups excluding tert-OH is 1. The zero-order chi connectivity index (χ0) is 8.60. The normalized spacial score (nSPS) is 43.0. The van der Waals surface area contributed by atoms with Crippen LogP contribution in [0.4, 0.5) is 0 Å². The Hall–Kier alpha value is -0.120. The fourth-order valence-corrected chi connectivity index (χ4v) is 2.59. The van der Waals surface area contributed by atoms with Crippen molar-refractivity contribution < 1.29 is 9.84 Å². The average Bonchev–Trinajstić information content (AvgIpc) is 2.50. The zero-order valence-electron chi connectivity index (χ0n) is 7.62. The van der Waals surface area contributed by atoms with Crippen LogP contribution in [0, 0.1) is 0 Å². The molecule has 3 nitrogen and oxygen atoms in total. The van der Waals surface area contributed by atoms with Crippen molar-refractivity contribution >= 4 is 0 Å². The van der Waals surface area contributed by atoms with Crippen LogP contribution in [-0.2, 0) is 4.74 Å². The summed E-state index contributed by atoms with van der Waals surface area (Å²) in [5.74, 6) is 0. The number of morpholine rings is 1.